The fraction of sp³-hybridized carbons (Fsp3) is 0.304. The van der Waals surface area contributed by atoms with Crippen LogP contribution in [0.15, 0.2) is 54.2 Å². The van der Waals surface area contributed by atoms with Crippen molar-refractivity contribution in [2.45, 2.75) is 33.7 Å². The monoisotopic (exact) mass is 362 g/mol. The van der Waals surface area contributed by atoms with Crippen molar-refractivity contribution >= 4 is 17.4 Å². The van der Waals surface area contributed by atoms with Gasteiger partial charge in [-0.3, -0.25) is 14.5 Å². The molecule has 0 aromatic heterocycles. The normalized spacial score (nSPS) is 14.3. The molecule has 0 unspecified atom stereocenters. The third kappa shape index (κ3) is 3.65. The Labute approximate surface area is 161 Å². The molecular formula is C23H26N2O2. The van der Waals surface area contributed by atoms with Gasteiger partial charge in [-0.05, 0) is 42.5 Å². The summed E-state index contributed by atoms with van der Waals surface area (Å²) in [6, 6.07) is 15.9. The second kappa shape index (κ2) is 7.78. The molecule has 0 aliphatic carbocycles. The molecule has 27 heavy (non-hydrogen) atoms. The highest BCUT2D eigenvalue weighted by molar-refractivity contribution is 6.35. The van der Waals surface area contributed by atoms with Gasteiger partial charge in [0.05, 0.1) is 5.57 Å². The van der Waals surface area contributed by atoms with Gasteiger partial charge in [0.1, 0.15) is 5.70 Å². The lowest BCUT2D eigenvalue weighted by Gasteiger charge is -2.21. The van der Waals surface area contributed by atoms with Crippen molar-refractivity contribution in [2.24, 2.45) is 0 Å². The topological polar surface area (TPSA) is 40.6 Å². The third-order valence-electron chi connectivity index (χ3n) is 5.03. The smallest absolute Gasteiger partial charge is 0.277 e. The predicted molar refractivity (Wildman–Crippen MR) is 108 cm³/mol. The molecule has 1 aliphatic heterocycles. The van der Waals surface area contributed by atoms with Crippen molar-refractivity contribution in [1.29, 1.82) is 0 Å². The molecular weight excluding hydrogens is 336 g/mol. The first-order valence-electron chi connectivity index (χ1n) is 9.37. The highest BCUT2D eigenvalue weighted by Gasteiger charge is 2.40. The van der Waals surface area contributed by atoms with E-state index in [-0.39, 0.29) is 11.8 Å². The molecule has 2 aromatic rings. The van der Waals surface area contributed by atoms with Gasteiger partial charge in [-0.1, -0.05) is 55.5 Å². The molecule has 4 nitrogen and oxygen atoms in total. The maximum atomic E-state index is 13.1. The summed E-state index contributed by atoms with van der Waals surface area (Å²) in [5.41, 5.74) is 5.18. The van der Waals surface area contributed by atoms with Crippen molar-refractivity contribution in [2.75, 3.05) is 13.6 Å². The van der Waals surface area contributed by atoms with Gasteiger partial charge in [0, 0.05) is 20.1 Å². The van der Waals surface area contributed by atoms with Crippen LogP contribution >= 0.6 is 0 Å². The number of rotatable bonds is 6. The summed E-state index contributed by atoms with van der Waals surface area (Å²) in [5.74, 6) is -0.395. The standard InChI is InChI=1S/C23H26N2O2/c1-5-13-25-22(26)20(19-12-11-16(2)17(3)14-19)21(23(25)27)24(4)15-18-9-7-6-8-10-18/h6-12,14H,5,13,15H2,1-4H3. The van der Waals surface area contributed by atoms with Crippen molar-refractivity contribution in [3.8, 4) is 0 Å². The minimum Gasteiger partial charge on any atom is -0.365 e. The number of benzene rings is 2. The zero-order valence-corrected chi connectivity index (χ0v) is 16.5. The van der Waals surface area contributed by atoms with Crippen LogP contribution in [0.4, 0.5) is 0 Å². The van der Waals surface area contributed by atoms with Crippen LogP contribution < -0.4 is 0 Å². The van der Waals surface area contributed by atoms with Crippen LogP contribution in [0, 0.1) is 13.8 Å². The molecule has 0 N–H and O–H groups in total. The molecule has 3 rings (SSSR count). The molecule has 1 aliphatic rings. The second-order valence-corrected chi connectivity index (χ2v) is 7.13. The van der Waals surface area contributed by atoms with Crippen molar-refractivity contribution in [1.82, 2.24) is 9.80 Å². The third-order valence-corrected chi connectivity index (χ3v) is 5.03. The van der Waals surface area contributed by atoms with E-state index in [1.54, 1.807) is 0 Å². The van der Waals surface area contributed by atoms with Crippen LogP contribution in [0.25, 0.3) is 5.57 Å². The van der Waals surface area contributed by atoms with Crippen molar-refractivity contribution in [3.05, 3.63) is 76.5 Å². The molecule has 140 valence electrons. The Bertz CT molecular complexity index is 900. The molecule has 2 aromatic carbocycles. The minimum absolute atomic E-state index is 0.194. The van der Waals surface area contributed by atoms with Crippen LogP contribution in [0.1, 0.15) is 35.6 Å². The Hall–Kier alpha value is -2.88. The van der Waals surface area contributed by atoms with Gasteiger partial charge in [-0.2, -0.15) is 0 Å². The second-order valence-electron chi connectivity index (χ2n) is 7.13. The predicted octanol–water partition coefficient (Wildman–Crippen LogP) is 3.93. The van der Waals surface area contributed by atoms with Gasteiger partial charge < -0.3 is 4.90 Å². The van der Waals surface area contributed by atoms with Gasteiger partial charge in [-0.15, -0.1) is 0 Å². The van der Waals surface area contributed by atoms with Gasteiger partial charge in [0.25, 0.3) is 11.8 Å². The fourth-order valence-corrected chi connectivity index (χ4v) is 3.44. The average molecular weight is 362 g/mol. The van der Waals surface area contributed by atoms with Gasteiger partial charge in [0.2, 0.25) is 0 Å². The van der Waals surface area contributed by atoms with Gasteiger partial charge in [0.15, 0.2) is 0 Å². The first-order chi connectivity index (χ1) is 12.9. The number of carbonyl (C=O) groups excluding carboxylic acids is 2. The molecule has 0 spiro atoms. The molecule has 2 amide bonds. The van der Waals surface area contributed by atoms with E-state index < -0.39 is 0 Å². The minimum atomic E-state index is -0.200. The van der Waals surface area contributed by atoms with E-state index in [4.69, 9.17) is 0 Å². The lowest BCUT2D eigenvalue weighted by atomic mass is 9.99. The Kier molecular flexibility index (Phi) is 5.45. The van der Waals surface area contributed by atoms with E-state index in [0.717, 1.165) is 23.1 Å². The van der Waals surface area contributed by atoms with Gasteiger partial charge in [-0.25, -0.2) is 0 Å². The summed E-state index contributed by atoms with van der Waals surface area (Å²) in [6.45, 7) is 7.05. The molecule has 0 saturated carbocycles. The number of hydrogen-bond donors (Lipinski definition) is 0. The summed E-state index contributed by atoms with van der Waals surface area (Å²) in [4.78, 5) is 29.4. The number of nitrogens with zero attached hydrogens (tertiary/aromatic N) is 2. The molecule has 0 radical (unpaired) electrons. The van der Waals surface area contributed by atoms with E-state index in [9.17, 15) is 9.59 Å². The number of carbonyl (C=O) groups is 2. The molecule has 4 heteroatoms. The SMILES string of the molecule is CCCN1C(=O)C(c2ccc(C)c(C)c2)=C(N(C)Cc2ccccc2)C1=O. The lowest BCUT2D eigenvalue weighted by molar-refractivity contribution is -0.137. The summed E-state index contributed by atoms with van der Waals surface area (Å²) in [5, 5.41) is 0. The van der Waals surface area contributed by atoms with Crippen LogP contribution in [0.5, 0.6) is 0 Å². The maximum absolute atomic E-state index is 13.1. The summed E-state index contributed by atoms with van der Waals surface area (Å²) in [6.07, 6.45) is 0.743. The van der Waals surface area contributed by atoms with E-state index in [0.29, 0.717) is 24.4 Å². The highest BCUT2D eigenvalue weighted by Crippen LogP contribution is 2.32. The quantitative estimate of drug-likeness (QED) is 0.731. The van der Waals surface area contributed by atoms with Crippen molar-refractivity contribution < 1.29 is 9.59 Å². The fourth-order valence-electron chi connectivity index (χ4n) is 3.44. The maximum Gasteiger partial charge on any atom is 0.277 e. The van der Waals surface area contributed by atoms with Crippen LogP contribution in [0.2, 0.25) is 0 Å². The number of amides is 2. The number of likely N-dealkylation sites (N-methyl/N-ethyl adjacent to an activating group) is 1. The summed E-state index contributed by atoms with van der Waals surface area (Å²) < 4.78 is 0. The molecule has 0 atom stereocenters. The number of aryl methyl sites for hydroxylation is 2. The van der Waals surface area contributed by atoms with E-state index in [2.05, 4.69) is 0 Å². The lowest BCUT2D eigenvalue weighted by Crippen LogP contribution is -2.34. The van der Waals surface area contributed by atoms with Crippen LogP contribution in [-0.4, -0.2) is 35.2 Å². The van der Waals surface area contributed by atoms with E-state index in [1.807, 2.05) is 81.2 Å². The highest BCUT2D eigenvalue weighted by atomic mass is 16.2. The first kappa shape index (κ1) is 18.9. The van der Waals surface area contributed by atoms with Gasteiger partial charge >= 0.3 is 0 Å². The number of imide groups is 1. The summed E-state index contributed by atoms with van der Waals surface area (Å²) in [7, 11) is 1.88. The molecule has 0 saturated heterocycles. The Balaban J connectivity index is 2.06. The molecule has 0 bridgehead atoms. The molecule has 0 fully saturated rings. The van der Waals surface area contributed by atoms with E-state index >= 15 is 0 Å². The zero-order chi connectivity index (χ0) is 19.6. The van der Waals surface area contributed by atoms with Crippen LogP contribution in [0.3, 0.4) is 0 Å². The molecule has 1 heterocycles. The average Bonchev–Trinajstić information content (AvgIpc) is 2.90. The first-order valence-corrected chi connectivity index (χ1v) is 9.37. The number of hydrogen-bond acceptors (Lipinski definition) is 3. The van der Waals surface area contributed by atoms with Crippen LogP contribution in [-0.2, 0) is 16.1 Å². The largest absolute Gasteiger partial charge is 0.365 e. The van der Waals surface area contributed by atoms with E-state index in [1.165, 1.54) is 10.5 Å². The Morgan fingerprint density at radius 2 is 1.63 bits per heavy atom. The Morgan fingerprint density at radius 1 is 0.926 bits per heavy atom. The summed E-state index contributed by atoms with van der Waals surface area (Å²) >= 11 is 0. The zero-order valence-electron chi connectivity index (χ0n) is 16.5. The Morgan fingerprint density at radius 3 is 2.26 bits per heavy atom. The van der Waals surface area contributed by atoms with Crippen molar-refractivity contribution in [3.63, 3.8) is 0 Å².